The van der Waals surface area contributed by atoms with Gasteiger partial charge >= 0.3 is 0 Å². The van der Waals surface area contributed by atoms with E-state index in [0.29, 0.717) is 16.9 Å². The number of aromatic hydroxyl groups is 1. The average Bonchev–Trinajstić information content (AvgIpc) is 2.33. The van der Waals surface area contributed by atoms with E-state index in [4.69, 9.17) is 0 Å². The number of para-hydroxylation sites is 3. The Kier molecular flexibility index (Phi) is 2.87. The molecule has 0 saturated heterocycles. The lowest BCUT2D eigenvalue weighted by Crippen LogP contribution is -1.94. The minimum absolute atomic E-state index is 0.156. The van der Waals surface area contributed by atoms with Crippen molar-refractivity contribution in [2.24, 2.45) is 0 Å². The van der Waals surface area contributed by atoms with Crippen molar-refractivity contribution in [3.8, 4) is 5.75 Å². The van der Waals surface area contributed by atoms with Crippen molar-refractivity contribution in [2.45, 2.75) is 0 Å². The maximum absolute atomic E-state index is 10.8. The largest absolute Gasteiger partial charge is 0.506 e. The zero-order valence-corrected chi connectivity index (χ0v) is 8.55. The first-order valence-electron chi connectivity index (χ1n) is 4.90. The summed E-state index contributed by atoms with van der Waals surface area (Å²) in [4.78, 5) is 10.8. The van der Waals surface area contributed by atoms with Gasteiger partial charge in [-0.1, -0.05) is 24.3 Å². The number of rotatable bonds is 3. The van der Waals surface area contributed by atoms with Crippen LogP contribution in [0.1, 0.15) is 10.4 Å². The molecule has 0 aliphatic rings. The third kappa shape index (κ3) is 2.03. The van der Waals surface area contributed by atoms with Crippen molar-refractivity contribution < 1.29 is 9.90 Å². The summed E-state index contributed by atoms with van der Waals surface area (Å²) in [5, 5.41) is 12.6. The zero-order valence-electron chi connectivity index (χ0n) is 8.55. The number of aldehydes is 1. The van der Waals surface area contributed by atoms with Gasteiger partial charge in [0, 0.05) is 11.3 Å². The normalized spacial score (nSPS) is 9.75. The zero-order chi connectivity index (χ0) is 11.4. The molecule has 0 unspecified atom stereocenters. The predicted octanol–water partition coefficient (Wildman–Crippen LogP) is 2.95. The fourth-order valence-electron chi connectivity index (χ4n) is 1.44. The minimum Gasteiger partial charge on any atom is -0.506 e. The van der Waals surface area contributed by atoms with Gasteiger partial charge in [0.15, 0.2) is 6.29 Å². The van der Waals surface area contributed by atoms with Gasteiger partial charge in [0.05, 0.1) is 5.69 Å². The van der Waals surface area contributed by atoms with Crippen LogP contribution in [0.2, 0.25) is 0 Å². The summed E-state index contributed by atoms with van der Waals surface area (Å²) in [6.45, 7) is 0. The van der Waals surface area contributed by atoms with Crippen LogP contribution in [0.15, 0.2) is 48.5 Å². The molecule has 0 bridgehead atoms. The highest BCUT2D eigenvalue weighted by Gasteiger charge is 2.03. The summed E-state index contributed by atoms with van der Waals surface area (Å²) in [5.74, 6) is 0.156. The van der Waals surface area contributed by atoms with E-state index in [1.807, 2.05) is 12.1 Å². The quantitative estimate of drug-likeness (QED) is 0.608. The van der Waals surface area contributed by atoms with E-state index >= 15 is 0 Å². The predicted molar refractivity (Wildman–Crippen MR) is 63.2 cm³/mol. The molecule has 0 spiro atoms. The van der Waals surface area contributed by atoms with Gasteiger partial charge in [-0.3, -0.25) is 4.79 Å². The fraction of sp³-hybridized carbons (Fsp3) is 0. The molecule has 0 heterocycles. The van der Waals surface area contributed by atoms with Crippen LogP contribution < -0.4 is 5.32 Å². The maximum atomic E-state index is 10.8. The third-order valence-corrected chi connectivity index (χ3v) is 2.26. The van der Waals surface area contributed by atoms with E-state index in [2.05, 4.69) is 5.32 Å². The standard InChI is InChI=1S/C13H11NO2/c15-9-10-5-1-2-6-11(10)14-12-7-3-4-8-13(12)16/h1-9,14,16H. The molecular weight excluding hydrogens is 202 g/mol. The van der Waals surface area contributed by atoms with Crippen molar-refractivity contribution in [2.75, 3.05) is 5.32 Å². The van der Waals surface area contributed by atoms with E-state index < -0.39 is 0 Å². The van der Waals surface area contributed by atoms with Crippen molar-refractivity contribution >= 4 is 17.7 Å². The second kappa shape index (κ2) is 4.49. The van der Waals surface area contributed by atoms with E-state index in [-0.39, 0.29) is 5.75 Å². The molecule has 16 heavy (non-hydrogen) atoms. The number of hydrogen-bond donors (Lipinski definition) is 2. The monoisotopic (exact) mass is 213 g/mol. The Balaban J connectivity index is 2.34. The molecular formula is C13H11NO2. The molecule has 2 N–H and O–H groups in total. The number of anilines is 2. The number of carbonyl (C=O) groups excluding carboxylic acids is 1. The summed E-state index contributed by atoms with van der Waals surface area (Å²) in [7, 11) is 0. The van der Waals surface area contributed by atoms with Crippen LogP contribution in [0.5, 0.6) is 5.75 Å². The minimum atomic E-state index is 0.156. The lowest BCUT2D eigenvalue weighted by molar-refractivity contribution is 0.112. The van der Waals surface area contributed by atoms with Crippen LogP contribution in [0.25, 0.3) is 0 Å². The number of phenols is 1. The molecule has 2 aromatic carbocycles. The molecule has 80 valence electrons. The molecule has 0 saturated carbocycles. The topological polar surface area (TPSA) is 49.3 Å². The smallest absolute Gasteiger partial charge is 0.152 e. The Bertz CT molecular complexity index is 509. The van der Waals surface area contributed by atoms with E-state index in [1.54, 1.807) is 36.4 Å². The Morgan fingerprint density at radius 1 is 0.938 bits per heavy atom. The SMILES string of the molecule is O=Cc1ccccc1Nc1ccccc1O. The molecule has 0 aromatic heterocycles. The van der Waals surface area contributed by atoms with Crippen LogP contribution in [-0.4, -0.2) is 11.4 Å². The van der Waals surface area contributed by atoms with Crippen molar-refractivity contribution in [3.63, 3.8) is 0 Å². The summed E-state index contributed by atoms with van der Waals surface area (Å²) in [5.41, 5.74) is 1.82. The lowest BCUT2D eigenvalue weighted by atomic mass is 10.2. The summed E-state index contributed by atoms with van der Waals surface area (Å²) in [6.07, 6.45) is 0.780. The van der Waals surface area contributed by atoms with E-state index in [1.165, 1.54) is 0 Å². The highest BCUT2D eigenvalue weighted by molar-refractivity contribution is 5.86. The molecule has 0 atom stereocenters. The summed E-state index contributed by atoms with van der Waals surface area (Å²) < 4.78 is 0. The van der Waals surface area contributed by atoms with Crippen molar-refractivity contribution in [3.05, 3.63) is 54.1 Å². The van der Waals surface area contributed by atoms with Crippen molar-refractivity contribution in [1.82, 2.24) is 0 Å². The molecule has 0 fully saturated rings. The second-order valence-electron chi connectivity index (χ2n) is 3.35. The van der Waals surface area contributed by atoms with Crippen LogP contribution in [0, 0.1) is 0 Å². The Hall–Kier alpha value is -2.29. The van der Waals surface area contributed by atoms with Gasteiger partial charge in [0.1, 0.15) is 5.75 Å². The number of carbonyl (C=O) groups is 1. The van der Waals surface area contributed by atoms with Gasteiger partial charge in [0.25, 0.3) is 0 Å². The van der Waals surface area contributed by atoms with Gasteiger partial charge in [-0.05, 0) is 24.3 Å². The number of nitrogens with one attached hydrogen (secondary N) is 1. The highest BCUT2D eigenvalue weighted by Crippen LogP contribution is 2.26. The first kappa shape index (κ1) is 10.2. The first-order chi connectivity index (χ1) is 7.81. The lowest BCUT2D eigenvalue weighted by Gasteiger charge is -2.09. The molecule has 0 aliphatic carbocycles. The van der Waals surface area contributed by atoms with Crippen molar-refractivity contribution in [1.29, 1.82) is 0 Å². The number of hydrogen-bond acceptors (Lipinski definition) is 3. The Morgan fingerprint density at radius 2 is 1.56 bits per heavy atom. The molecule has 0 radical (unpaired) electrons. The number of phenolic OH excluding ortho intramolecular Hbond substituents is 1. The molecule has 3 heteroatoms. The van der Waals surface area contributed by atoms with Crippen LogP contribution in [-0.2, 0) is 0 Å². The Morgan fingerprint density at radius 3 is 2.25 bits per heavy atom. The van der Waals surface area contributed by atoms with Gasteiger partial charge in [-0.15, -0.1) is 0 Å². The molecule has 0 aliphatic heterocycles. The van der Waals surface area contributed by atoms with Crippen LogP contribution >= 0.6 is 0 Å². The van der Waals surface area contributed by atoms with Gasteiger partial charge in [-0.25, -0.2) is 0 Å². The number of benzene rings is 2. The maximum Gasteiger partial charge on any atom is 0.152 e. The summed E-state index contributed by atoms with van der Waals surface area (Å²) >= 11 is 0. The molecule has 2 aromatic rings. The first-order valence-corrected chi connectivity index (χ1v) is 4.90. The Labute approximate surface area is 93.4 Å². The highest BCUT2D eigenvalue weighted by atomic mass is 16.3. The average molecular weight is 213 g/mol. The van der Waals surface area contributed by atoms with Gasteiger partial charge in [0.2, 0.25) is 0 Å². The molecule has 0 amide bonds. The van der Waals surface area contributed by atoms with Crippen LogP contribution in [0.4, 0.5) is 11.4 Å². The van der Waals surface area contributed by atoms with E-state index in [9.17, 15) is 9.90 Å². The second-order valence-corrected chi connectivity index (χ2v) is 3.35. The van der Waals surface area contributed by atoms with Gasteiger partial charge < -0.3 is 10.4 Å². The van der Waals surface area contributed by atoms with E-state index in [0.717, 1.165) is 6.29 Å². The summed E-state index contributed by atoms with van der Waals surface area (Å²) in [6, 6.07) is 14.0. The molecule has 2 rings (SSSR count). The van der Waals surface area contributed by atoms with Gasteiger partial charge in [-0.2, -0.15) is 0 Å². The fourth-order valence-corrected chi connectivity index (χ4v) is 1.44. The van der Waals surface area contributed by atoms with Crippen LogP contribution in [0.3, 0.4) is 0 Å². The third-order valence-electron chi connectivity index (χ3n) is 2.26. The molecule has 3 nitrogen and oxygen atoms in total.